The summed E-state index contributed by atoms with van der Waals surface area (Å²) < 4.78 is 52.1. The summed E-state index contributed by atoms with van der Waals surface area (Å²) in [4.78, 5) is 29.6. The number of pyridine rings is 1. The largest absolute Gasteiger partial charge is 0.418 e. The number of hydrogen-bond donors (Lipinski definition) is 1. The first-order chi connectivity index (χ1) is 15.1. The molecule has 1 spiro atoms. The molecule has 2 aliphatic rings. The van der Waals surface area contributed by atoms with Crippen LogP contribution in [-0.2, 0) is 37.4 Å². The Morgan fingerprint density at radius 3 is 2.47 bits per heavy atom. The van der Waals surface area contributed by atoms with E-state index in [0.717, 1.165) is 18.5 Å². The highest BCUT2D eigenvalue weighted by Gasteiger charge is 2.46. The maximum atomic E-state index is 13.6. The topological polar surface area (TPSA) is 80.8 Å². The van der Waals surface area contributed by atoms with Crippen LogP contribution >= 0.6 is 11.6 Å². The highest BCUT2D eigenvalue weighted by molar-refractivity contribution is 6.33. The molecule has 1 saturated heterocycles. The quantitative estimate of drug-likeness (QED) is 0.672. The number of aromatic nitrogens is 1. The summed E-state index contributed by atoms with van der Waals surface area (Å²) in [5, 5.41) is 3.26. The van der Waals surface area contributed by atoms with Crippen LogP contribution in [0.2, 0.25) is 5.02 Å². The molecule has 11 heteroatoms. The number of hydrogen-bond acceptors (Lipinski definition) is 7. The number of carbonyl (C=O) groups excluding carboxylic acids is 2. The monoisotopic (exact) mass is 469 g/mol. The fraction of sp³-hybridized carbons (Fsp3) is 0.381. The Labute approximate surface area is 186 Å². The van der Waals surface area contributed by atoms with Gasteiger partial charge in [-0.15, -0.1) is 0 Å². The van der Waals surface area contributed by atoms with Crippen molar-refractivity contribution in [1.29, 1.82) is 0 Å². The third-order valence-corrected chi connectivity index (χ3v) is 5.75. The summed E-state index contributed by atoms with van der Waals surface area (Å²) >= 11 is 6.46. The zero-order valence-electron chi connectivity index (χ0n) is 17.0. The molecule has 3 heterocycles. The fourth-order valence-corrected chi connectivity index (χ4v) is 4.34. The summed E-state index contributed by atoms with van der Waals surface area (Å²) in [5.41, 5.74) is 0.0650. The molecule has 170 valence electrons. The lowest BCUT2D eigenvalue weighted by Crippen LogP contribution is -2.43. The van der Waals surface area contributed by atoms with Crippen LogP contribution in [0.3, 0.4) is 0 Å². The third-order valence-electron chi connectivity index (χ3n) is 5.45. The molecular weight excluding hydrogens is 451 g/mol. The van der Waals surface area contributed by atoms with Crippen molar-refractivity contribution in [2.45, 2.75) is 31.2 Å². The van der Waals surface area contributed by atoms with Crippen molar-refractivity contribution in [3.8, 4) is 0 Å². The van der Waals surface area contributed by atoms with Gasteiger partial charge >= 0.3 is 18.1 Å². The zero-order chi connectivity index (χ0) is 23.1. The van der Waals surface area contributed by atoms with Crippen molar-refractivity contribution in [2.75, 3.05) is 25.0 Å². The number of ether oxygens (including phenoxy) is 2. The highest BCUT2D eigenvalue weighted by atomic mass is 35.5. The van der Waals surface area contributed by atoms with Gasteiger partial charge in [-0.25, -0.2) is 0 Å². The van der Waals surface area contributed by atoms with E-state index < -0.39 is 29.5 Å². The highest BCUT2D eigenvalue weighted by Crippen LogP contribution is 2.45. The Morgan fingerprint density at radius 1 is 1.12 bits per heavy atom. The van der Waals surface area contributed by atoms with Crippen molar-refractivity contribution in [3.63, 3.8) is 0 Å². The number of benzene rings is 1. The third kappa shape index (κ3) is 4.00. The number of carbonyl (C=O) groups is 2. The first kappa shape index (κ1) is 22.3. The molecule has 1 aromatic heterocycles. The van der Waals surface area contributed by atoms with Crippen LogP contribution in [0, 0.1) is 0 Å². The van der Waals surface area contributed by atoms with Gasteiger partial charge < -0.3 is 19.7 Å². The first-order valence-corrected chi connectivity index (χ1v) is 10.2. The maximum absolute atomic E-state index is 13.6. The lowest BCUT2D eigenvalue weighted by Gasteiger charge is -2.33. The van der Waals surface area contributed by atoms with Gasteiger partial charge in [-0.3, -0.25) is 14.6 Å². The number of anilines is 2. The van der Waals surface area contributed by atoms with Gasteiger partial charge in [-0.1, -0.05) is 11.6 Å². The average molecular weight is 470 g/mol. The molecule has 0 unspecified atom stereocenters. The van der Waals surface area contributed by atoms with E-state index in [-0.39, 0.29) is 35.8 Å². The van der Waals surface area contributed by atoms with Crippen molar-refractivity contribution in [1.82, 2.24) is 10.3 Å². The maximum Gasteiger partial charge on any atom is 0.418 e. The van der Waals surface area contributed by atoms with Crippen molar-refractivity contribution in [3.05, 3.63) is 52.3 Å². The van der Waals surface area contributed by atoms with Gasteiger partial charge in [0.15, 0.2) is 0 Å². The molecule has 0 radical (unpaired) electrons. The Bertz CT molecular complexity index is 1060. The minimum atomic E-state index is -4.61. The molecule has 0 aliphatic carbocycles. The molecule has 0 amide bonds. The molecule has 0 bridgehead atoms. The van der Waals surface area contributed by atoms with Gasteiger partial charge in [-0.05, 0) is 36.7 Å². The summed E-state index contributed by atoms with van der Waals surface area (Å²) in [6.45, 7) is 0.396. The van der Waals surface area contributed by atoms with Crippen LogP contribution in [0.5, 0.6) is 0 Å². The molecule has 4 rings (SSSR count). The second-order valence-electron chi connectivity index (χ2n) is 7.50. The normalized spacial score (nSPS) is 18.3. The number of nitrogens with zero attached hydrogens (tertiary/aromatic N) is 2. The average Bonchev–Trinajstić information content (AvgIpc) is 2.99. The molecular formula is C21H19ClF3N3O4. The van der Waals surface area contributed by atoms with Crippen molar-refractivity contribution in [2.24, 2.45) is 0 Å². The van der Waals surface area contributed by atoms with E-state index in [1.807, 2.05) is 0 Å². The number of fused-ring (bicyclic) bond motifs is 2. The Balaban J connectivity index is 1.90. The minimum Gasteiger partial charge on any atom is -0.416 e. The van der Waals surface area contributed by atoms with Gasteiger partial charge in [0.25, 0.3) is 5.79 Å². The molecule has 1 fully saturated rings. The van der Waals surface area contributed by atoms with Crippen LogP contribution in [0.4, 0.5) is 24.5 Å². The Kier molecular flexibility index (Phi) is 5.76. The second-order valence-corrected chi connectivity index (χ2v) is 7.91. The van der Waals surface area contributed by atoms with Crippen LogP contribution < -0.4 is 10.2 Å². The van der Waals surface area contributed by atoms with E-state index in [0.29, 0.717) is 24.1 Å². The van der Waals surface area contributed by atoms with Crippen LogP contribution in [0.1, 0.15) is 29.5 Å². The van der Waals surface area contributed by atoms with Crippen LogP contribution in [0.15, 0.2) is 30.6 Å². The van der Waals surface area contributed by atoms with Gasteiger partial charge in [0.05, 0.1) is 47.5 Å². The molecule has 0 atom stereocenters. The Morgan fingerprint density at radius 2 is 1.81 bits per heavy atom. The van der Waals surface area contributed by atoms with Gasteiger partial charge in [0.1, 0.15) is 0 Å². The molecule has 32 heavy (non-hydrogen) atoms. The summed E-state index contributed by atoms with van der Waals surface area (Å²) in [5.74, 6) is -2.96. The van der Waals surface area contributed by atoms with E-state index in [1.54, 1.807) is 6.07 Å². The standard InChI is InChI=1S/C21H19ClF3N3O4/c1-28(16-10-26-9-7-14(16)21(23,24)25)19-12-6-8-27-11-20(13(12)2-3-15(19)22)31-17(29)4-5-18(30)32-20/h2-3,7,9-10,27H,4-6,8,11H2,1H3. The molecule has 1 aromatic carbocycles. The molecule has 2 aliphatic heterocycles. The number of halogens is 4. The van der Waals surface area contributed by atoms with Crippen molar-refractivity contribution >= 4 is 34.9 Å². The van der Waals surface area contributed by atoms with Gasteiger partial charge in [-0.2, -0.15) is 13.2 Å². The van der Waals surface area contributed by atoms with Crippen LogP contribution in [-0.4, -0.2) is 37.1 Å². The summed E-state index contributed by atoms with van der Waals surface area (Å²) in [6.07, 6.45) is -2.35. The lowest BCUT2D eigenvalue weighted by molar-refractivity contribution is -0.225. The number of alkyl halides is 3. The fourth-order valence-electron chi connectivity index (χ4n) is 4.03. The SMILES string of the molecule is CN(c1cnccc1C(F)(F)F)c1c(Cl)ccc2c1CCNCC21OC(=O)CCC(=O)O1. The molecule has 2 aromatic rings. The number of nitrogens with one attached hydrogen (secondary N) is 1. The van der Waals surface area contributed by atoms with E-state index in [4.69, 9.17) is 21.1 Å². The predicted octanol–water partition coefficient (Wildman–Crippen LogP) is 3.70. The minimum absolute atomic E-state index is 0.00294. The van der Waals surface area contributed by atoms with Gasteiger partial charge in [0, 0.05) is 18.8 Å². The van der Waals surface area contributed by atoms with E-state index >= 15 is 0 Å². The lowest BCUT2D eigenvalue weighted by atomic mass is 9.95. The number of rotatable bonds is 2. The van der Waals surface area contributed by atoms with E-state index in [2.05, 4.69) is 10.3 Å². The summed E-state index contributed by atoms with van der Waals surface area (Å²) in [7, 11) is 1.45. The second kappa shape index (κ2) is 8.25. The first-order valence-electron chi connectivity index (χ1n) is 9.83. The van der Waals surface area contributed by atoms with E-state index in [9.17, 15) is 22.8 Å². The Hall–Kier alpha value is -2.85. The summed E-state index contributed by atoms with van der Waals surface area (Å²) in [6, 6.07) is 3.94. The zero-order valence-corrected chi connectivity index (χ0v) is 17.7. The predicted molar refractivity (Wildman–Crippen MR) is 108 cm³/mol. The van der Waals surface area contributed by atoms with Gasteiger partial charge in [0.2, 0.25) is 0 Å². The van der Waals surface area contributed by atoms with Crippen LogP contribution in [0.25, 0.3) is 0 Å². The smallest absolute Gasteiger partial charge is 0.416 e. The molecule has 1 N–H and O–H groups in total. The number of esters is 2. The van der Waals surface area contributed by atoms with E-state index in [1.165, 1.54) is 18.0 Å². The molecule has 7 nitrogen and oxygen atoms in total. The molecule has 0 saturated carbocycles. The van der Waals surface area contributed by atoms with Crippen molar-refractivity contribution < 1.29 is 32.2 Å².